The molecule has 3 aromatic rings. The van der Waals surface area contributed by atoms with Crippen LogP contribution in [0.3, 0.4) is 0 Å². The summed E-state index contributed by atoms with van der Waals surface area (Å²) in [4.78, 5) is 2.10. The molecule has 0 unspecified atom stereocenters. The molecule has 6 heteroatoms. The summed E-state index contributed by atoms with van der Waals surface area (Å²) in [6, 6.07) is 24.3. The van der Waals surface area contributed by atoms with Crippen LogP contribution in [0.4, 0.5) is 5.69 Å². The van der Waals surface area contributed by atoms with Crippen LogP contribution < -0.4 is 15.8 Å². The number of likely N-dealkylation sites (tertiary alicyclic amines) is 1. The second-order valence-electron chi connectivity index (χ2n) is 8.46. The number of piperidine rings is 1. The van der Waals surface area contributed by atoms with Gasteiger partial charge in [-0.2, -0.15) is 0 Å². The monoisotopic (exact) mass is 441 g/mol. The first kappa shape index (κ1) is 22.4. The molecule has 0 radical (unpaired) electrons. The molecule has 0 saturated carbocycles. The van der Waals surface area contributed by atoms with Crippen molar-refractivity contribution in [3.63, 3.8) is 0 Å². The van der Waals surface area contributed by atoms with Crippen LogP contribution in [0.15, 0.2) is 72.8 Å². The molecule has 33 heavy (non-hydrogen) atoms. The highest BCUT2D eigenvalue weighted by Crippen LogP contribution is 2.24. The Bertz CT molecular complexity index is 1120. The maximum absolute atomic E-state index is 7.75. The van der Waals surface area contributed by atoms with E-state index in [4.69, 9.17) is 21.3 Å². The van der Waals surface area contributed by atoms with E-state index in [1.165, 1.54) is 5.56 Å². The van der Waals surface area contributed by atoms with Gasteiger partial charge in [-0.25, -0.2) is 0 Å². The number of anilines is 1. The number of ether oxygens (including phenoxy) is 1. The van der Waals surface area contributed by atoms with Gasteiger partial charge in [0.2, 0.25) is 0 Å². The first-order valence-corrected chi connectivity index (χ1v) is 11.3. The molecule has 0 spiro atoms. The van der Waals surface area contributed by atoms with Gasteiger partial charge in [0.05, 0.1) is 5.84 Å². The molecule has 1 heterocycles. The lowest BCUT2D eigenvalue weighted by atomic mass is 10.0. The highest BCUT2D eigenvalue weighted by Gasteiger charge is 2.20. The van der Waals surface area contributed by atoms with Gasteiger partial charge < -0.3 is 20.7 Å². The Morgan fingerprint density at radius 2 is 1.64 bits per heavy atom. The number of nitrogens with two attached hydrogens (primary N) is 1. The molecular weight excluding hydrogens is 410 g/mol. The third-order valence-electron chi connectivity index (χ3n) is 6.00. The topological polar surface area (TPSA) is 98.2 Å². The maximum Gasteiger partial charge on any atom is 0.122 e. The summed E-state index contributed by atoms with van der Waals surface area (Å²) in [7, 11) is 0. The lowest BCUT2D eigenvalue weighted by Crippen LogP contribution is -2.40. The lowest BCUT2D eigenvalue weighted by molar-refractivity contribution is 0.130. The Hall–Kier alpha value is -3.80. The van der Waals surface area contributed by atoms with Crippen LogP contribution >= 0.6 is 0 Å². The van der Waals surface area contributed by atoms with Gasteiger partial charge in [-0.3, -0.25) is 10.8 Å². The van der Waals surface area contributed by atoms with E-state index in [1.54, 1.807) is 0 Å². The molecule has 0 amide bonds. The summed E-state index contributed by atoms with van der Waals surface area (Å²) >= 11 is 0. The number of nitrogen functional groups attached to an aromatic ring is 1. The average Bonchev–Trinajstić information content (AvgIpc) is 2.84. The van der Waals surface area contributed by atoms with Crippen LogP contribution in [-0.2, 0) is 6.54 Å². The second-order valence-corrected chi connectivity index (χ2v) is 8.46. The first-order valence-electron chi connectivity index (χ1n) is 11.3. The average molecular weight is 442 g/mol. The predicted molar refractivity (Wildman–Crippen MR) is 135 cm³/mol. The minimum absolute atomic E-state index is 0.0778. The first-order chi connectivity index (χ1) is 16.0. The molecule has 6 nitrogen and oxygen atoms in total. The van der Waals surface area contributed by atoms with Crippen molar-refractivity contribution in [2.45, 2.75) is 32.4 Å². The molecule has 1 aliphatic heterocycles. The SMILES string of the molecule is CC(=N)N1CCC(Oc2ccc(NCc3cccc(-c4cccc(C(=N)N)c4)c3)cc2)CC1. The molecule has 0 aromatic heterocycles. The number of hydrogen-bond donors (Lipinski definition) is 4. The number of benzene rings is 3. The largest absolute Gasteiger partial charge is 0.490 e. The van der Waals surface area contributed by atoms with Gasteiger partial charge in [-0.1, -0.05) is 36.4 Å². The van der Waals surface area contributed by atoms with Crippen molar-refractivity contribution in [1.82, 2.24) is 4.90 Å². The minimum atomic E-state index is 0.0778. The highest BCUT2D eigenvalue weighted by molar-refractivity contribution is 5.96. The van der Waals surface area contributed by atoms with Crippen molar-refractivity contribution < 1.29 is 4.74 Å². The smallest absolute Gasteiger partial charge is 0.122 e. The van der Waals surface area contributed by atoms with E-state index in [2.05, 4.69) is 34.5 Å². The zero-order chi connectivity index (χ0) is 23.2. The Kier molecular flexibility index (Phi) is 6.93. The van der Waals surface area contributed by atoms with E-state index in [0.29, 0.717) is 12.4 Å². The van der Waals surface area contributed by atoms with E-state index >= 15 is 0 Å². The van der Waals surface area contributed by atoms with Crippen molar-refractivity contribution in [1.29, 1.82) is 10.8 Å². The molecule has 170 valence electrons. The number of nitrogens with zero attached hydrogens (tertiary/aromatic N) is 1. The van der Waals surface area contributed by atoms with Crippen molar-refractivity contribution >= 4 is 17.4 Å². The molecule has 0 aliphatic carbocycles. The van der Waals surface area contributed by atoms with Gasteiger partial charge in [0, 0.05) is 43.7 Å². The van der Waals surface area contributed by atoms with Crippen molar-refractivity contribution in [3.8, 4) is 16.9 Å². The summed E-state index contributed by atoms with van der Waals surface area (Å²) in [6.45, 7) is 4.33. The van der Waals surface area contributed by atoms with Gasteiger partial charge >= 0.3 is 0 Å². The van der Waals surface area contributed by atoms with E-state index < -0.39 is 0 Å². The fourth-order valence-electron chi connectivity index (χ4n) is 4.08. The molecule has 3 aromatic carbocycles. The second kappa shape index (κ2) is 10.2. The van der Waals surface area contributed by atoms with E-state index in [-0.39, 0.29) is 11.9 Å². The number of rotatable bonds is 7. The standard InChI is InChI=1S/C27H31N5O/c1-19(28)32-14-12-26(13-15-32)33-25-10-8-24(9-11-25)31-18-20-4-2-5-21(16-20)22-6-3-7-23(17-22)27(29)30/h2-11,16-17,26,28,31H,12-15,18H2,1H3,(H3,29,30). The van der Waals surface area contributed by atoms with Crippen LogP contribution in [-0.4, -0.2) is 35.8 Å². The molecule has 1 aliphatic rings. The third-order valence-corrected chi connectivity index (χ3v) is 6.00. The third kappa shape index (κ3) is 5.92. The van der Waals surface area contributed by atoms with E-state index in [9.17, 15) is 0 Å². The van der Waals surface area contributed by atoms with Crippen LogP contribution in [0.2, 0.25) is 0 Å². The number of hydrogen-bond acceptors (Lipinski definition) is 4. The molecule has 1 fully saturated rings. The summed E-state index contributed by atoms with van der Waals surface area (Å²) < 4.78 is 6.14. The predicted octanol–water partition coefficient (Wildman–Crippen LogP) is 5.09. The Labute approximate surface area is 195 Å². The van der Waals surface area contributed by atoms with Crippen LogP contribution in [0.5, 0.6) is 5.75 Å². The van der Waals surface area contributed by atoms with Gasteiger partial charge in [-0.05, 0) is 60.0 Å². The van der Waals surface area contributed by atoms with Crippen molar-refractivity contribution in [2.75, 3.05) is 18.4 Å². The fraction of sp³-hybridized carbons (Fsp3) is 0.259. The summed E-state index contributed by atoms with van der Waals surface area (Å²) in [5.74, 6) is 1.60. The normalized spacial score (nSPS) is 14.0. The van der Waals surface area contributed by atoms with Gasteiger partial charge in [-0.15, -0.1) is 0 Å². The summed E-state index contributed by atoms with van der Waals surface area (Å²) in [6.07, 6.45) is 2.10. The Morgan fingerprint density at radius 1 is 0.970 bits per heavy atom. The van der Waals surface area contributed by atoms with Crippen LogP contribution in [0.1, 0.15) is 30.9 Å². The van der Waals surface area contributed by atoms with Crippen LogP contribution in [0, 0.1) is 10.8 Å². The van der Waals surface area contributed by atoms with Gasteiger partial charge in [0.25, 0.3) is 0 Å². The molecule has 5 N–H and O–H groups in total. The fourth-order valence-corrected chi connectivity index (χ4v) is 4.08. The van der Waals surface area contributed by atoms with E-state index in [1.807, 2.05) is 55.5 Å². The molecule has 0 bridgehead atoms. The zero-order valence-corrected chi connectivity index (χ0v) is 19.0. The quantitative estimate of drug-likeness (QED) is 0.303. The molecule has 0 atom stereocenters. The van der Waals surface area contributed by atoms with Crippen LogP contribution in [0.25, 0.3) is 11.1 Å². The maximum atomic E-state index is 7.75. The molecule has 4 rings (SSSR count). The Morgan fingerprint density at radius 3 is 2.30 bits per heavy atom. The van der Waals surface area contributed by atoms with Gasteiger partial charge in [0.1, 0.15) is 17.7 Å². The van der Waals surface area contributed by atoms with Crippen molar-refractivity contribution in [3.05, 3.63) is 83.9 Å². The number of nitrogens with one attached hydrogen (secondary N) is 3. The number of amidine groups is 2. The molecule has 1 saturated heterocycles. The van der Waals surface area contributed by atoms with E-state index in [0.717, 1.165) is 54.1 Å². The van der Waals surface area contributed by atoms with Gasteiger partial charge in [0.15, 0.2) is 0 Å². The Balaban J connectivity index is 1.32. The van der Waals surface area contributed by atoms with Crippen molar-refractivity contribution in [2.24, 2.45) is 5.73 Å². The highest BCUT2D eigenvalue weighted by atomic mass is 16.5. The molecular formula is C27H31N5O. The summed E-state index contributed by atoms with van der Waals surface area (Å²) in [5, 5.41) is 18.9. The summed E-state index contributed by atoms with van der Waals surface area (Å²) in [5.41, 5.74) is 10.7. The minimum Gasteiger partial charge on any atom is -0.490 e. The lowest BCUT2D eigenvalue weighted by Gasteiger charge is -2.32. The zero-order valence-electron chi connectivity index (χ0n) is 19.0.